The molecule has 0 radical (unpaired) electrons. The minimum Gasteiger partial charge on any atom is -0.493 e. The van der Waals surface area contributed by atoms with E-state index in [9.17, 15) is 4.79 Å². The molecule has 0 unspecified atom stereocenters. The topological polar surface area (TPSA) is 103 Å². The normalized spacial score (nSPS) is 10.9. The van der Waals surface area contributed by atoms with Gasteiger partial charge in [-0.15, -0.1) is 0 Å². The van der Waals surface area contributed by atoms with Crippen molar-refractivity contribution in [2.45, 2.75) is 0 Å². The highest BCUT2D eigenvalue weighted by molar-refractivity contribution is 5.94. The number of hydrazone groups is 1. The van der Waals surface area contributed by atoms with Gasteiger partial charge in [-0.25, -0.2) is 5.43 Å². The Morgan fingerprint density at radius 3 is 2.46 bits per heavy atom. The minimum absolute atomic E-state index is 0.304. The fourth-order valence-electron chi connectivity index (χ4n) is 2.70. The first kappa shape index (κ1) is 19.0. The number of H-pyrrole nitrogens is 1. The zero-order chi connectivity index (χ0) is 20.1. The zero-order valence-electron chi connectivity index (χ0n) is 16.0. The summed E-state index contributed by atoms with van der Waals surface area (Å²) in [6.07, 6.45) is 3.39. The van der Waals surface area contributed by atoms with E-state index < -0.39 is 5.91 Å². The van der Waals surface area contributed by atoms with Gasteiger partial charge in [0.25, 0.3) is 5.91 Å². The summed E-state index contributed by atoms with van der Waals surface area (Å²) >= 11 is 0. The first-order valence-corrected chi connectivity index (χ1v) is 8.38. The lowest BCUT2D eigenvalue weighted by Crippen LogP contribution is -2.18. The van der Waals surface area contributed by atoms with E-state index in [1.807, 2.05) is 29.9 Å². The molecule has 146 valence electrons. The smallest absolute Gasteiger partial charge is 0.289 e. The number of aromatic amines is 1. The number of aryl methyl sites for hydroxylation is 1. The highest BCUT2D eigenvalue weighted by Gasteiger charge is 2.13. The van der Waals surface area contributed by atoms with E-state index in [-0.39, 0.29) is 0 Å². The molecular weight excluding hydrogens is 362 g/mol. The van der Waals surface area contributed by atoms with Gasteiger partial charge in [0.1, 0.15) is 11.4 Å². The van der Waals surface area contributed by atoms with Crippen LogP contribution >= 0.6 is 0 Å². The maximum absolute atomic E-state index is 12.3. The fourth-order valence-corrected chi connectivity index (χ4v) is 2.70. The van der Waals surface area contributed by atoms with E-state index in [1.165, 1.54) is 27.5 Å². The van der Waals surface area contributed by atoms with Gasteiger partial charge in [-0.3, -0.25) is 9.89 Å². The predicted molar refractivity (Wildman–Crippen MR) is 104 cm³/mol. The van der Waals surface area contributed by atoms with Gasteiger partial charge in [0, 0.05) is 18.8 Å². The van der Waals surface area contributed by atoms with E-state index in [4.69, 9.17) is 14.2 Å². The van der Waals surface area contributed by atoms with Crippen LogP contribution in [0.15, 0.2) is 41.6 Å². The molecule has 1 amide bonds. The van der Waals surface area contributed by atoms with E-state index in [2.05, 4.69) is 20.7 Å². The molecule has 1 aromatic carbocycles. The standard InChI is InChI=1S/C19H21N5O4/c1-24-7-5-6-15(24)13-10-14(22-21-13)19(25)23-20-11-12-8-16(26-2)18(28-4)17(9-12)27-3/h5-11H,1-4H3,(H,21,22)(H,23,25)/b20-11+. The van der Waals surface area contributed by atoms with Crippen molar-refractivity contribution < 1.29 is 19.0 Å². The Labute approximate surface area is 161 Å². The van der Waals surface area contributed by atoms with E-state index in [1.54, 1.807) is 18.2 Å². The van der Waals surface area contributed by atoms with Gasteiger partial charge in [0.15, 0.2) is 11.5 Å². The lowest BCUT2D eigenvalue weighted by atomic mass is 10.2. The summed E-state index contributed by atoms with van der Waals surface area (Å²) < 4.78 is 17.8. The molecule has 2 N–H and O–H groups in total. The number of carbonyl (C=O) groups excluding carboxylic acids is 1. The van der Waals surface area contributed by atoms with Crippen molar-refractivity contribution in [3.8, 4) is 28.6 Å². The Kier molecular flexibility index (Phi) is 5.64. The monoisotopic (exact) mass is 383 g/mol. The molecule has 28 heavy (non-hydrogen) atoms. The van der Waals surface area contributed by atoms with Crippen LogP contribution in [0.4, 0.5) is 0 Å². The number of benzene rings is 1. The summed E-state index contributed by atoms with van der Waals surface area (Å²) in [5.41, 5.74) is 5.01. The summed E-state index contributed by atoms with van der Waals surface area (Å²) in [6.45, 7) is 0. The Morgan fingerprint density at radius 2 is 1.89 bits per heavy atom. The fraction of sp³-hybridized carbons (Fsp3) is 0.211. The molecule has 0 atom stereocenters. The number of hydrogen-bond acceptors (Lipinski definition) is 6. The van der Waals surface area contributed by atoms with Crippen LogP contribution in [0, 0.1) is 0 Å². The molecule has 0 aliphatic heterocycles. The molecule has 0 aliphatic rings. The third-order valence-electron chi connectivity index (χ3n) is 4.10. The molecule has 2 aromatic heterocycles. The number of methoxy groups -OCH3 is 3. The third-order valence-corrected chi connectivity index (χ3v) is 4.10. The lowest BCUT2D eigenvalue weighted by molar-refractivity contribution is 0.0950. The van der Waals surface area contributed by atoms with Crippen LogP contribution in [0.3, 0.4) is 0 Å². The summed E-state index contributed by atoms with van der Waals surface area (Å²) in [7, 11) is 6.50. The molecule has 0 saturated carbocycles. The number of ether oxygens (including phenoxy) is 3. The SMILES string of the molecule is COc1cc(/C=N/NC(=O)c2cc(-c3cccn3C)n[nH]2)cc(OC)c1OC. The van der Waals surface area contributed by atoms with Crippen molar-refractivity contribution in [3.63, 3.8) is 0 Å². The quantitative estimate of drug-likeness (QED) is 0.481. The lowest BCUT2D eigenvalue weighted by Gasteiger charge is -2.12. The third kappa shape index (κ3) is 3.83. The average molecular weight is 383 g/mol. The molecule has 0 bridgehead atoms. The van der Waals surface area contributed by atoms with E-state index >= 15 is 0 Å². The van der Waals surface area contributed by atoms with Gasteiger partial charge in [-0.05, 0) is 30.3 Å². The van der Waals surface area contributed by atoms with Crippen molar-refractivity contribution >= 4 is 12.1 Å². The number of aromatic nitrogens is 3. The van der Waals surface area contributed by atoms with Crippen LogP contribution in [-0.2, 0) is 7.05 Å². The van der Waals surface area contributed by atoms with Crippen molar-refractivity contribution in [1.29, 1.82) is 0 Å². The predicted octanol–water partition coefficient (Wildman–Crippen LogP) is 2.20. The molecule has 0 fully saturated rings. The Hall–Kier alpha value is -3.75. The van der Waals surface area contributed by atoms with Crippen molar-refractivity contribution in [2.75, 3.05) is 21.3 Å². The van der Waals surface area contributed by atoms with Crippen molar-refractivity contribution in [2.24, 2.45) is 12.1 Å². The maximum atomic E-state index is 12.3. The van der Waals surface area contributed by atoms with E-state index in [0.29, 0.717) is 34.2 Å². The van der Waals surface area contributed by atoms with Gasteiger partial charge in [0.2, 0.25) is 5.75 Å². The molecule has 9 nitrogen and oxygen atoms in total. The molecular formula is C19H21N5O4. The molecule has 3 rings (SSSR count). The first-order valence-electron chi connectivity index (χ1n) is 8.38. The van der Waals surface area contributed by atoms with Gasteiger partial charge in [0.05, 0.1) is 33.2 Å². The van der Waals surface area contributed by atoms with Crippen LogP contribution in [0.1, 0.15) is 16.1 Å². The summed E-state index contributed by atoms with van der Waals surface area (Å²) in [6, 6.07) is 8.94. The molecule has 0 spiro atoms. The Morgan fingerprint density at radius 1 is 1.18 bits per heavy atom. The Balaban J connectivity index is 1.72. The molecule has 9 heteroatoms. The molecule has 2 heterocycles. The number of carbonyl (C=O) groups is 1. The van der Waals surface area contributed by atoms with Gasteiger partial charge < -0.3 is 18.8 Å². The minimum atomic E-state index is -0.406. The second-order valence-electron chi connectivity index (χ2n) is 5.83. The highest BCUT2D eigenvalue weighted by Crippen LogP contribution is 2.37. The van der Waals surface area contributed by atoms with Gasteiger partial charge in [-0.1, -0.05) is 0 Å². The second-order valence-corrected chi connectivity index (χ2v) is 5.83. The van der Waals surface area contributed by atoms with Crippen LogP contribution in [0.5, 0.6) is 17.2 Å². The number of nitrogens with zero attached hydrogens (tertiary/aromatic N) is 3. The van der Waals surface area contributed by atoms with Crippen molar-refractivity contribution in [3.05, 3.63) is 47.8 Å². The Bertz CT molecular complexity index is 980. The highest BCUT2D eigenvalue weighted by atomic mass is 16.5. The zero-order valence-corrected chi connectivity index (χ0v) is 16.0. The number of amides is 1. The largest absolute Gasteiger partial charge is 0.493 e. The van der Waals surface area contributed by atoms with Crippen LogP contribution in [-0.4, -0.2) is 48.2 Å². The maximum Gasteiger partial charge on any atom is 0.289 e. The average Bonchev–Trinajstić information content (AvgIpc) is 3.35. The molecule has 0 saturated heterocycles. The van der Waals surface area contributed by atoms with Crippen LogP contribution < -0.4 is 19.6 Å². The number of rotatable bonds is 7. The van der Waals surface area contributed by atoms with Gasteiger partial charge >= 0.3 is 0 Å². The molecule has 0 aliphatic carbocycles. The van der Waals surface area contributed by atoms with Gasteiger partial charge in [-0.2, -0.15) is 10.2 Å². The van der Waals surface area contributed by atoms with Crippen LogP contribution in [0.2, 0.25) is 0 Å². The number of hydrogen-bond donors (Lipinski definition) is 2. The summed E-state index contributed by atoms with van der Waals surface area (Å²) in [5.74, 6) is 1.07. The summed E-state index contributed by atoms with van der Waals surface area (Å²) in [4.78, 5) is 12.3. The number of nitrogens with one attached hydrogen (secondary N) is 2. The van der Waals surface area contributed by atoms with Crippen molar-refractivity contribution in [1.82, 2.24) is 20.2 Å². The first-order chi connectivity index (χ1) is 13.6. The summed E-state index contributed by atoms with van der Waals surface area (Å²) in [5, 5.41) is 10.9. The molecule has 3 aromatic rings. The second kappa shape index (κ2) is 8.30. The van der Waals surface area contributed by atoms with Crippen LogP contribution in [0.25, 0.3) is 11.4 Å². The van der Waals surface area contributed by atoms with E-state index in [0.717, 1.165) is 5.69 Å².